The van der Waals surface area contributed by atoms with Crippen LogP contribution < -0.4 is 10.1 Å². The second-order valence-corrected chi connectivity index (χ2v) is 6.10. The van der Waals surface area contributed by atoms with Gasteiger partial charge in [-0.05, 0) is 63.3 Å². The molecule has 0 saturated heterocycles. The highest BCUT2D eigenvalue weighted by Crippen LogP contribution is 2.31. The van der Waals surface area contributed by atoms with Crippen LogP contribution in [0.15, 0.2) is 18.2 Å². The van der Waals surface area contributed by atoms with Crippen molar-refractivity contribution in [2.24, 2.45) is 5.92 Å². The van der Waals surface area contributed by atoms with Crippen molar-refractivity contribution < 1.29 is 4.74 Å². The summed E-state index contributed by atoms with van der Waals surface area (Å²) in [5.74, 6) is 1.75. The van der Waals surface area contributed by atoms with Crippen LogP contribution in [-0.4, -0.2) is 13.2 Å². The molecule has 3 heteroatoms. The van der Waals surface area contributed by atoms with Gasteiger partial charge in [0.25, 0.3) is 0 Å². The first kappa shape index (κ1) is 14.7. The Morgan fingerprint density at radius 2 is 1.95 bits per heavy atom. The molecule has 0 aliphatic heterocycles. The summed E-state index contributed by atoms with van der Waals surface area (Å²) < 4.78 is 6.05. The average Bonchev–Trinajstić information content (AvgIpc) is 2.41. The molecule has 2 nitrogen and oxygen atoms in total. The first-order valence-corrected chi connectivity index (χ1v) is 7.61. The molecule has 0 radical (unpaired) electrons. The SMILES string of the molecule is CNC(C)c1ccc(OC2CCC(C)CC2)cc1Cl. The highest BCUT2D eigenvalue weighted by Gasteiger charge is 2.20. The number of hydrogen-bond donors (Lipinski definition) is 1. The van der Waals surface area contributed by atoms with Crippen LogP contribution in [0, 0.1) is 5.92 Å². The van der Waals surface area contributed by atoms with Crippen molar-refractivity contribution in [3.8, 4) is 5.75 Å². The zero-order valence-corrected chi connectivity index (χ0v) is 12.8. The molecule has 106 valence electrons. The molecule has 1 aliphatic rings. The summed E-state index contributed by atoms with van der Waals surface area (Å²) in [7, 11) is 1.94. The van der Waals surface area contributed by atoms with Crippen molar-refractivity contribution in [2.45, 2.75) is 51.7 Å². The van der Waals surface area contributed by atoms with Gasteiger partial charge in [0.05, 0.1) is 6.10 Å². The Kier molecular flexibility index (Phi) is 5.12. The van der Waals surface area contributed by atoms with E-state index in [-0.39, 0.29) is 6.04 Å². The van der Waals surface area contributed by atoms with Crippen molar-refractivity contribution in [2.75, 3.05) is 7.05 Å². The third-order valence-electron chi connectivity index (χ3n) is 4.14. The van der Waals surface area contributed by atoms with Gasteiger partial charge in [0.1, 0.15) is 5.75 Å². The minimum atomic E-state index is 0.261. The molecule has 1 saturated carbocycles. The quantitative estimate of drug-likeness (QED) is 0.872. The Morgan fingerprint density at radius 1 is 1.26 bits per heavy atom. The summed E-state index contributed by atoms with van der Waals surface area (Å²) in [6.07, 6.45) is 5.22. The fourth-order valence-electron chi connectivity index (χ4n) is 2.63. The summed E-state index contributed by atoms with van der Waals surface area (Å²) >= 11 is 6.32. The van der Waals surface area contributed by atoms with Crippen LogP contribution in [0.5, 0.6) is 5.75 Å². The maximum atomic E-state index is 6.32. The van der Waals surface area contributed by atoms with Crippen LogP contribution in [0.25, 0.3) is 0 Å². The molecule has 1 N–H and O–H groups in total. The van der Waals surface area contributed by atoms with E-state index >= 15 is 0 Å². The van der Waals surface area contributed by atoms with Gasteiger partial charge in [-0.3, -0.25) is 0 Å². The van der Waals surface area contributed by atoms with Gasteiger partial charge in [-0.2, -0.15) is 0 Å². The van der Waals surface area contributed by atoms with Crippen LogP contribution in [0.1, 0.15) is 51.1 Å². The Hall–Kier alpha value is -0.730. The van der Waals surface area contributed by atoms with Gasteiger partial charge < -0.3 is 10.1 Å². The third-order valence-corrected chi connectivity index (χ3v) is 4.46. The Balaban J connectivity index is 2.00. The molecule has 2 rings (SSSR count). The number of nitrogens with one attached hydrogen (secondary N) is 1. The van der Waals surface area contributed by atoms with Gasteiger partial charge >= 0.3 is 0 Å². The number of ether oxygens (including phenoxy) is 1. The van der Waals surface area contributed by atoms with E-state index < -0.39 is 0 Å². The van der Waals surface area contributed by atoms with Crippen molar-refractivity contribution in [1.82, 2.24) is 5.32 Å². The van der Waals surface area contributed by atoms with Crippen molar-refractivity contribution in [1.29, 1.82) is 0 Å². The molecule has 0 heterocycles. The second kappa shape index (κ2) is 6.62. The Bertz CT molecular complexity index is 413. The lowest BCUT2D eigenvalue weighted by atomic mass is 9.89. The lowest BCUT2D eigenvalue weighted by Gasteiger charge is -2.27. The molecular weight excluding hydrogens is 258 g/mol. The summed E-state index contributed by atoms with van der Waals surface area (Å²) in [5.41, 5.74) is 1.12. The summed E-state index contributed by atoms with van der Waals surface area (Å²) in [5, 5.41) is 3.98. The predicted octanol–water partition coefficient (Wildman–Crippen LogP) is 4.58. The molecule has 0 spiro atoms. The molecule has 1 unspecified atom stereocenters. The lowest BCUT2D eigenvalue weighted by molar-refractivity contribution is 0.135. The summed E-state index contributed by atoms with van der Waals surface area (Å²) in [6.45, 7) is 4.42. The molecule has 0 aromatic heterocycles. The molecule has 1 aromatic carbocycles. The summed E-state index contributed by atoms with van der Waals surface area (Å²) in [4.78, 5) is 0. The Morgan fingerprint density at radius 3 is 2.53 bits per heavy atom. The van der Waals surface area contributed by atoms with E-state index in [4.69, 9.17) is 16.3 Å². The standard InChI is InChI=1S/C16H24ClNO/c1-11-4-6-13(7-5-11)19-14-8-9-15(12(2)18-3)16(17)10-14/h8-13,18H,4-7H2,1-3H3. The third kappa shape index (κ3) is 3.87. The molecule has 19 heavy (non-hydrogen) atoms. The predicted molar refractivity (Wildman–Crippen MR) is 81.0 cm³/mol. The minimum absolute atomic E-state index is 0.261. The smallest absolute Gasteiger partial charge is 0.121 e. The second-order valence-electron chi connectivity index (χ2n) is 5.69. The maximum Gasteiger partial charge on any atom is 0.121 e. The van der Waals surface area contributed by atoms with Gasteiger partial charge in [-0.1, -0.05) is 24.6 Å². The Labute approximate surface area is 121 Å². The van der Waals surface area contributed by atoms with Gasteiger partial charge in [0.2, 0.25) is 0 Å². The first-order valence-electron chi connectivity index (χ1n) is 7.23. The van der Waals surface area contributed by atoms with Gasteiger partial charge in [0, 0.05) is 11.1 Å². The molecule has 1 fully saturated rings. The number of benzene rings is 1. The fraction of sp³-hybridized carbons (Fsp3) is 0.625. The fourth-order valence-corrected chi connectivity index (χ4v) is 2.96. The van der Waals surface area contributed by atoms with Crippen molar-refractivity contribution >= 4 is 11.6 Å². The highest BCUT2D eigenvalue weighted by molar-refractivity contribution is 6.31. The highest BCUT2D eigenvalue weighted by atomic mass is 35.5. The molecule has 0 amide bonds. The largest absolute Gasteiger partial charge is 0.490 e. The van der Waals surface area contributed by atoms with Gasteiger partial charge in [-0.25, -0.2) is 0 Å². The van der Waals surface area contributed by atoms with Crippen molar-refractivity contribution in [3.05, 3.63) is 28.8 Å². The first-order chi connectivity index (χ1) is 9.10. The monoisotopic (exact) mass is 281 g/mol. The molecular formula is C16H24ClNO. The number of rotatable bonds is 4. The van der Waals surface area contributed by atoms with Gasteiger partial charge in [0.15, 0.2) is 0 Å². The molecule has 0 bridgehead atoms. The van der Waals surface area contributed by atoms with Crippen LogP contribution in [0.3, 0.4) is 0 Å². The number of halogens is 1. The number of hydrogen-bond acceptors (Lipinski definition) is 2. The van der Waals surface area contributed by atoms with E-state index in [1.807, 2.05) is 19.2 Å². The molecule has 1 aliphatic carbocycles. The molecule has 1 atom stereocenters. The van der Waals surface area contributed by atoms with Gasteiger partial charge in [-0.15, -0.1) is 0 Å². The van der Waals surface area contributed by atoms with E-state index in [0.29, 0.717) is 6.10 Å². The van der Waals surface area contributed by atoms with E-state index in [0.717, 1.165) is 35.1 Å². The maximum absolute atomic E-state index is 6.32. The van der Waals surface area contributed by atoms with Crippen LogP contribution in [-0.2, 0) is 0 Å². The normalized spacial score (nSPS) is 25.1. The zero-order valence-electron chi connectivity index (χ0n) is 12.1. The van der Waals surface area contributed by atoms with E-state index in [2.05, 4.69) is 25.2 Å². The van der Waals surface area contributed by atoms with Crippen LogP contribution in [0.4, 0.5) is 0 Å². The average molecular weight is 282 g/mol. The van der Waals surface area contributed by atoms with Crippen LogP contribution >= 0.6 is 11.6 Å². The summed E-state index contributed by atoms with van der Waals surface area (Å²) in [6, 6.07) is 6.30. The van der Waals surface area contributed by atoms with E-state index in [9.17, 15) is 0 Å². The lowest BCUT2D eigenvalue weighted by Crippen LogP contribution is -2.23. The topological polar surface area (TPSA) is 21.3 Å². The van der Waals surface area contributed by atoms with E-state index in [1.54, 1.807) is 0 Å². The van der Waals surface area contributed by atoms with E-state index in [1.165, 1.54) is 12.8 Å². The van der Waals surface area contributed by atoms with Crippen LogP contribution in [0.2, 0.25) is 5.02 Å². The minimum Gasteiger partial charge on any atom is -0.490 e. The van der Waals surface area contributed by atoms with Crippen molar-refractivity contribution in [3.63, 3.8) is 0 Å². The zero-order chi connectivity index (χ0) is 13.8. The molecule has 1 aromatic rings.